The van der Waals surface area contributed by atoms with Crippen LogP contribution in [0.25, 0.3) is 0 Å². The topological polar surface area (TPSA) is 59.3 Å². The smallest absolute Gasteiger partial charge is 0.312 e. The molecule has 1 atom stereocenters. The minimum Gasteiger partial charge on any atom is -0.481 e. The van der Waals surface area contributed by atoms with Gasteiger partial charge in [0.05, 0.1) is 16.4 Å². The summed E-state index contributed by atoms with van der Waals surface area (Å²) >= 11 is 6.12. The molecule has 4 nitrogen and oxygen atoms in total. The zero-order valence-electron chi connectivity index (χ0n) is 10.5. The van der Waals surface area contributed by atoms with E-state index >= 15 is 0 Å². The molecule has 1 unspecified atom stereocenters. The third kappa shape index (κ3) is 1.93. The number of aliphatic carboxylic acids is 1. The molecule has 5 heteroatoms. The van der Waals surface area contributed by atoms with Crippen LogP contribution >= 0.6 is 11.6 Å². The molecule has 0 saturated heterocycles. The Kier molecular flexibility index (Phi) is 3.10. The van der Waals surface area contributed by atoms with E-state index in [4.69, 9.17) is 11.6 Å². The predicted octanol–water partition coefficient (Wildman–Crippen LogP) is 2.94. The van der Waals surface area contributed by atoms with E-state index < -0.39 is 11.9 Å². The van der Waals surface area contributed by atoms with Crippen LogP contribution in [0, 0.1) is 0 Å². The van der Waals surface area contributed by atoms with Crippen molar-refractivity contribution in [2.45, 2.75) is 18.9 Å². The maximum absolute atomic E-state index is 12.5. The summed E-state index contributed by atoms with van der Waals surface area (Å²) in [6.45, 7) is 0.507. The van der Waals surface area contributed by atoms with Gasteiger partial charge in [0, 0.05) is 12.1 Å². The van der Waals surface area contributed by atoms with Crippen molar-refractivity contribution < 1.29 is 14.7 Å². The summed E-state index contributed by atoms with van der Waals surface area (Å²) in [5.74, 6) is -1.66. The SMILES string of the molecule is O=C(c1ccccc1)c1cc(Cl)c2n1CCC2C(=O)O. The number of carbonyl (C=O) groups excluding carboxylic acids is 1. The number of benzene rings is 1. The molecule has 2 heterocycles. The molecule has 3 rings (SSSR count). The van der Waals surface area contributed by atoms with Crippen molar-refractivity contribution in [3.63, 3.8) is 0 Å². The molecule has 0 aliphatic carbocycles. The van der Waals surface area contributed by atoms with Crippen LogP contribution in [0.1, 0.15) is 34.1 Å². The summed E-state index contributed by atoms with van der Waals surface area (Å²) in [6, 6.07) is 10.5. The largest absolute Gasteiger partial charge is 0.481 e. The lowest BCUT2D eigenvalue weighted by atomic mass is 10.1. The van der Waals surface area contributed by atoms with E-state index in [0.717, 1.165) is 0 Å². The lowest BCUT2D eigenvalue weighted by Gasteiger charge is -2.05. The van der Waals surface area contributed by atoms with Gasteiger partial charge in [0.1, 0.15) is 5.92 Å². The van der Waals surface area contributed by atoms with Crippen molar-refractivity contribution in [2.75, 3.05) is 0 Å². The van der Waals surface area contributed by atoms with Crippen molar-refractivity contribution in [3.8, 4) is 0 Å². The van der Waals surface area contributed by atoms with Crippen LogP contribution < -0.4 is 0 Å². The molecular formula is C15H12ClNO3. The van der Waals surface area contributed by atoms with E-state index in [-0.39, 0.29) is 5.78 Å². The molecule has 0 bridgehead atoms. The average molecular weight is 290 g/mol. The fourth-order valence-electron chi connectivity index (χ4n) is 2.69. The second-order valence-electron chi connectivity index (χ2n) is 4.79. The van der Waals surface area contributed by atoms with Gasteiger partial charge in [0.25, 0.3) is 0 Å². The van der Waals surface area contributed by atoms with Crippen molar-refractivity contribution in [1.82, 2.24) is 4.57 Å². The molecule has 102 valence electrons. The summed E-state index contributed by atoms with van der Waals surface area (Å²) in [7, 11) is 0. The quantitative estimate of drug-likeness (QED) is 0.884. The Labute approximate surface area is 120 Å². The highest BCUT2D eigenvalue weighted by atomic mass is 35.5. The molecule has 20 heavy (non-hydrogen) atoms. The van der Waals surface area contributed by atoms with Gasteiger partial charge in [-0.2, -0.15) is 0 Å². The predicted molar refractivity (Wildman–Crippen MR) is 74.3 cm³/mol. The van der Waals surface area contributed by atoms with E-state index in [1.54, 1.807) is 34.9 Å². The van der Waals surface area contributed by atoms with Gasteiger partial charge in [-0.25, -0.2) is 0 Å². The van der Waals surface area contributed by atoms with Crippen LogP contribution in [-0.4, -0.2) is 21.4 Å². The van der Waals surface area contributed by atoms with Gasteiger partial charge in [-0.3, -0.25) is 9.59 Å². The lowest BCUT2D eigenvalue weighted by Crippen LogP contribution is -2.10. The van der Waals surface area contributed by atoms with Gasteiger partial charge >= 0.3 is 5.97 Å². The van der Waals surface area contributed by atoms with E-state index in [0.29, 0.717) is 34.9 Å². The molecular weight excluding hydrogens is 278 g/mol. The molecule has 0 saturated carbocycles. The Morgan fingerprint density at radius 3 is 2.60 bits per heavy atom. The van der Waals surface area contributed by atoms with E-state index in [2.05, 4.69) is 0 Å². The summed E-state index contributed by atoms with van der Waals surface area (Å²) in [5.41, 5.74) is 1.57. The van der Waals surface area contributed by atoms with Gasteiger partial charge in [-0.15, -0.1) is 0 Å². The Balaban J connectivity index is 2.06. The monoisotopic (exact) mass is 289 g/mol. The minimum atomic E-state index is -0.900. The third-order valence-corrected chi connectivity index (χ3v) is 3.93. The number of nitrogens with zero attached hydrogens (tertiary/aromatic N) is 1. The normalized spacial score (nSPS) is 16.9. The van der Waals surface area contributed by atoms with Gasteiger partial charge in [0.2, 0.25) is 5.78 Å². The molecule has 1 aromatic heterocycles. The standard InChI is InChI=1S/C15H12ClNO3/c16-11-8-12(14(18)9-4-2-1-3-5-9)17-7-6-10(13(11)17)15(19)20/h1-5,8,10H,6-7H2,(H,19,20). The highest BCUT2D eigenvalue weighted by molar-refractivity contribution is 6.32. The number of carbonyl (C=O) groups is 2. The first-order valence-corrected chi connectivity index (χ1v) is 6.69. The third-order valence-electron chi connectivity index (χ3n) is 3.63. The Bertz CT molecular complexity index is 691. The fourth-order valence-corrected chi connectivity index (χ4v) is 3.02. The van der Waals surface area contributed by atoms with Crippen molar-refractivity contribution in [3.05, 3.63) is 58.4 Å². The number of hydrogen-bond acceptors (Lipinski definition) is 2. The van der Waals surface area contributed by atoms with Gasteiger partial charge < -0.3 is 9.67 Å². The summed E-state index contributed by atoms with van der Waals surface area (Å²) in [4.78, 5) is 23.7. The highest BCUT2D eigenvalue weighted by Crippen LogP contribution is 2.37. The minimum absolute atomic E-state index is 0.134. The van der Waals surface area contributed by atoms with Crippen molar-refractivity contribution >= 4 is 23.4 Å². The zero-order valence-corrected chi connectivity index (χ0v) is 11.3. The Morgan fingerprint density at radius 2 is 1.95 bits per heavy atom. The number of ketones is 1. The first-order chi connectivity index (χ1) is 9.59. The number of carboxylic acids is 1. The second-order valence-corrected chi connectivity index (χ2v) is 5.20. The van der Waals surface area contributed by atoms with E-state index in [1.165, 1.54) is 0 Å². The first-order valence-electron chi connectivity index (χ1n) is 6.31. The van der Waals surface area contributed by atoms with Crippen LogP contribution in [0.2, 0.25) is 5.02 Å². The molecule has 1 aromatic carbocycles. The molecule has 0 fully saturated rings. The molecule has 0 amide bonds. The Morgan fingerprint density at radius 1 is 1.25 bits per heavy atom. The maximum atomic E-state index is 12.5. The van der Waals surface area contributed by atoms with Crippen molar-refractivity contribution in [2.24, 2.45) is 0 Å². The van der Waals surface area contributed by atoms with Crippen LogP contribution in [0.4, 0.5) is 0 Å². The number of carboxylic acid groups (broad SMARTS) is 1. The second kappa shape index (κ2) is 4.80. The summed E-state index contributed by atoms with van der Waals surface area (Å²) in [5, 5.41) is 9.55. The fraction of sp³-hybridized carbons (Fsp3) is 0.200. The van der Waals surface area contributed by atoms with Crippen molar-refractivity contribution in [1.29, 1.82) is 0 Å². The lowest BCUT2D eigenvalue weighted by molar-refractivity contribution is -0.138. The van der Waals surface area contributed by atoms with Crippen LogP contribution in [-0.2, 0) is 11.3 Å². The summed E-state index contributed by atoms with van der Waals surface area (Å²) in [6.07, 6.45) is 0.473. The van der Waals surface area contributed by atoms with Gasteiger partial charge in [-0.05, 0) is 12.5 Å². The van der Waals surface area contributed by atoms with E-state index in [9.17, 15) is 14.7 Å². The highest BCUT2D eigenvalue weighted by Gasteiger charge is 2.34. The maximum Gasteiger partial charge on any atom is 0.312 e. The summed E-state index contributed by atoms with van der Waals surface area (Å²) < 4.78 is 1.73. The zero-order chi connectivity index (χ0) is 14.3. The number of halogens is 1. The molecule has 0 spiro atoms. The molecule has 1 aliphatic heterocycles. The van der Waals surface area contributed by atoms with Crippen LogP contribution in [0.3, 0.4) is 0 Å². The van der Waals surface area contributed by atoms with Crippen LogP contribution in [0.15, 0.2) is 36.4 Å². The number of aromatic nitrogens is 1. The van der Waals surface area contributed by atoms with Crippen LogP contribution in [0.5, 0.6) is 0 Å². The molecule has 1 N–H and O–H groups in total. The number of rotatable bonds is 3. The molecule has 0 radical (unpaired) electrons. The van der Waals surface area contributed by atoms with Gasteiger partial charge in [0.15, 0.2) is 0 Å². The molecule has 2 aromatic rings. The number of fused-ring (bicyclic) bond motifs is 1. The Hall–Kier alpha value is -2.07. The molecule has 1 aliphatic rings. The van der Waals surface area contributed by atoms with E-state index in [1.807, 2.05) is 6.07 Å². The number of hydrogen-bond donors (Lipinski definition) is 1. The first kappa shape index (κ1) is 12.9. The van der Waals surface area contributed by atoms with Gasteiger partial charge in [-0.1, -0.05) is 41.9 Å². The average Bonchev–Trinajstić information content (AvgIpc) is 3.01.